The number of benzene rings is 2. The average Bonchev–Trinajstić information content (AvgIpc) is 3.45. The number of rotatable bonds is 10. The maximum Gasteiger partial charge on any atom is 0.307 e. The number of carboxylic acids is 1. The summed E-state index contributed by atoms with van der Waals surface area (Å²) in [6.07, 6.45) is 20.3. The fraction of sp³-hybridized carbons (Fsp3) is 0.471. The molecule has 0 saturated carbocycles. The number of carboxylic acid groups (broad SMARTS) is 1. The van der Waals surface area contributed by atoms with Crippen molar-refractivity contribution in [1.29, 1.82) is 0 Å². The van der Waals surface area contributed by atoms with Crippen LogP contribution in [-0.2, 0) is 22.4 Å². The maximum atomic E-state index is 11.9. The minimum absolute atomic E-state index is 0.150. The molecule has 0 aromatic heterocycles. The van der Waals surface area contributed by atoms with Crippen molar-refractivity contribution in [2.45, 2.75) is 76.5 Å². The predicted molar refractivity (Wildman–Crippen MR) is 152 cm³/mol. The summed E-state index contributed by atoms with van der Waals surface area (Å²) in [5.41, 5.74) is 3.55. The highest BCUT2D eigenvalue weighted by Crippen LogP contribution is 2.37. The molecule has 0 amide bonds. The quantitative estimate of drug-likeness (QED) is 0.194. The second kappa shape index (κ2) is 14.1. The summed E-state index contributed by atoms with van der Waals surface area (Å²) in [5.74, 6) is 0.413. The Morgan fingerprint density at radius 1 is 0.947 bits per heavy atom. The highest BCUT2D eigenvalue weighted by Gasteiger charge is 2.25. The van der Waals surface area contributed by atoms with E-state index < -0.39 is 11.9 Å². The standard InChI is InChI=1S/C34H42O4/c35-24-31(27-11-4-5-12-27)16-3-1-2-13-28-14-6-7-15-30(34(37)38)22-25-9-8-10-26(21-25)23-33(28)29-17-19-32(36)20-18-29/h4,6-11,17-21,24,27-28,30-31,33,36H,1-3,5,12-16,22-23H2,(H,37,38)/b7-6+/t27-,28+,30+,31-,33-/m1/s1. The smallest absolute Gasteiger partial charge is 0.307 e. The van der Waals surface area contributed by atoms with E-state index >= 15 is 0 Å². The first-order chi connectivity index (χ1) is 18.5. The van der Waals surface area contributed by atoms with Crippen LogP contribution in [0.3, 0.4) is 0 Å². The lowest BCUT2D eigenvalue weighted by Gasteiger charge is -2.28. The van der Waals surface area contributed by atoms with Gasteiger partial charge >= 0.3 is 5.97 Å². The topological polar surface area (TPSA) is 74.6 Å². The van der Waals surface area contributed by atoms with Crippen LogP contribution in [0.1, 0.15) is 80.4 Å². The Hall–Kier alpha value is -3.14. The Balaban J connectivity index is 1.48. The maximum absolute atomic E-state index is 11.9. The Labute approximate surface area is 227 Å². The highest BCUT2D eigenvalue weighted by molar-refractivity contribution is 5.70. The number of aromatic hydroxyl groups is 1. The summed E-state index contributed by atoms with van der Waals surface area (Å²) in [4.78, 5) is 23.5. The van der Waals surface area contributed by atoms with Crippen LogP contribution in [0.4, 0.5) is 0 Å². The molecule has 0 unspecified atom stereocenters. The van der Waals surface area contributed by atoms with E-state index in [4.69, 9.17) is 0 Å². The van der Waals surface area contributed by atoms with Crippen LogP contribution in [0, 0.1) is 23.7 Å². The van der Waals surface area contributed by atoms with Crippen molar-refractivity contribution in [2.24, 2.45) is 23.7 Å². The first-order valence-corrected chi connectivity index (χ1v) is 14.4. The summed E-state index contributed by atoms with van der Waals surface area (Å²) >= 11 is 0. The van der Waals surface area contributed by atoms with Crippen LogP contribution < -0.4 is 0 Å². The minimum Gasteiger partial charge on any atom is -0.508 e. The largest absolute Gasteiger partial charge is 0.508 e. The zero-order valence-corrected chi connectivity index (χ0v) is 22.4. The Kier molecular flexibility index (Phi) is 10.4. The fourth-order valence-corrected chi connectivity index (χ4v) is 6.35. The number of aldehydes is 1. The van der Waals surface area contributed by atoms with Crippen LogP contribution in [0.15, 0.2) is 72.8 Å². The van der Waals surface area contributed by atoms with Crippen molar-refractivity contribution in [3.05, 3.63) is 89.5 Å². The Morgan fingerprint density at radius 3 is 2.42 bits per heavy atom. The predicted octanol–water partition coefficient (Wildman–Crippen LogP) is 7.66. The van der Waals surface area contributed by atoms with Gasteiger partial charge in [0.2, 0.25) is 0 Å². The highest BCUT2D eigenvalue weighted by atomic mass is 16.4. The molecule has 0 fully saturated rings. The normalized spacial score (nSPS) is 25.2. The number of carbonyl (C=O) groups excluding carboxylic acids is 1. The molecule has 0 radical (unpaired) electrons. The second-order valence-electron chi connectivity index (χ2n) is 11.3. The number of aliphatic carboxylic acids is 1. The molecule has 0 spiro atoms. The number of phenolic OH excluding ortho intramolecular Hbond substituents is 1. The molecule has 2 aliphatic rings. The molecular weight excluding hydrogens is 472 g/mol. The van der Waals surface area contributed by atoms with Crippen molar-refractivity contribution in [2.75, 3.05) is 0 Å². The van der Waals surface area contributed by atoms with Gasteiger partial charge in [-0.3, -0.25) is 4.79 Å². The van der Waals surface area contributed by atoms with Gasteiger partial charge in [0, 0.05) is 5.92 Å². The van der Waals surface area contributed by atoms with Gasteiger partial charge in [0.25, 0.3) is 0 Å². The molecule has 4 heteroatoms. The summed E-state index contributed by atoms with van der Waals surface area (Å²) in [5, 5.41) is 19.7. The average molecular weight is 515 g/mol. The van der Waals surface area contributed by atoms with E-state index in [0.29, 0.717) is 30.6 Å². The van der Waals surface area contributed by atoms with Gasteiger partial charge in [0.1, 0.15) is 12.0 Å². The summed E-state index contributed by atoms with van der Waals surface area (Å²) in [6.45, 7) is 0. The number of carbonyl (C=O) groups is 2. The van der Waals surface area contributed by atoms with Gasteiger partial charge in [-0.1, -0.05) is 80.0 Å². The molecule has 2 aliphatic carbocycles. The molecular formula is C34H42O4. The molecule has 2 aromatic carbocycles. The molecule has 5 atom stereocenters. The van der Waals surface area contributed by atoms with E-state index in [1.54, 1.807) is 12.1 Å². The minimum atomic E-state index is -0.739. The summed E-state index contributed by atoms with van der Waals surface area (Å²) < 4.78 is 0. The lowest BCUT2D eigenvalue weighted by Crippen LogP contribution is -2.18. The zero-order chi connectivity index (χ0) is 26.7. The van der Waals surface area contributed by atoms with Gasteiger partial charge in [-0.15, -0.1) is 0 Å². The SMILES string of the molecule is O=C[C@@H](CCCCC[C@H]1C/C=C/C[C@H](C(=O)O)Cc2cccc(c2)C[C@H]1c1ccc(O)cc1)[C@@H]1C=CCC1. The molecule has 2 bridgehead atoms. The first-order valence-electron chi connectivity index (χ1n) is 14.4. The summed E-state index contributed by atoms with van der Waals surface area (Å²) in [6, 6.07) is 16.1. The van der Waals surface area contributed by atoms with Gasteiger partial charge < -0.3 is 15.0 Å². The van der Waals surface area contributed by atoms with Gasteiger partial charge in [0.15, 0.2) is 0 Å². The van der Waals surface area contributed by atoms with Gasteiger partial charge in [0.05, 0.1) is 5.92 Å². The van der Waals surface area contributed by atoms with Crippen LogP contribution in [0.2, 0.25) is 0 Å². The number of allylic oxidation sites excluding steroid dienone is 4. The fourth-order valence-electron chi connectivity index (χ4n) is 6.35. The Morgan fingerprint density at radius 2 is 1.71 bits per heavy atom. The van der Waals surface area contributed by atoms with Gasteiger partial charge in [-0.25, -0.2) is 0 Å². The molecule has 2 N–H and O–H groups in total. The van der Waals surface area contributed by atoms with Crippen molar-refractivity contribution in [3.63, 3.8) is 0 Å². The van der Waals surface area contributed by atoms with Crippen LogP contribution >= 0.6 is 0 Å². The number of hydrogen-bond donors (Lipinski definition) is 2. The number of unbranched alkanes of at least 4 members (excludes halogenated alkanes) is 2. The number of fused-ring (bicyclic) bond motifs is 2. The molecule has 0 aliphatic heterocycles. The van der Waals surface area contributed by atoms with Crippen molar-refractivity contribution in [3.8, 4) is 5.75 Å². The van der Waals surface area contributed by atoms with E-state index in [1.165, 1.54) is 11.1 Å². The third kappa shape index (κ3) is 7.93. The van der Waals surface area contributed by atoms with E-state index in [0.717, 1.165) is 69.6 Å². The lowest BCUT2D eigenvalue weighted by atomic mass is 9.76. The monoisotopic (exact) mass is 514 g/mol. The summed E-state index contributed by atoms with van der Waals surface area (Å²) in [7, 11) is 0. The van der Waals surface area contributed by atoms with E-state index in [9.17, 15) is 19.8 Å². The van der Waals surface area contributed by atoms with Crippen LogP contribution in [0.5, 0.6) is 5.75 Å². The second-order valence-corrected chi connectivity index (χ2v) is 11.3. The lowest BCUT2D eigenvalue weighted by molar-refractivity contribution is -0.141. The molecule has 38 heavy (non-hydrogen) atoms. The van der Waals surface area contributed by atoms with Crippen molar-refractivity contribution < 1.29 is 19.8 Å². The molecule has 4 rings (SSSR count). The van der Waals surface area contributed by atoms with Crippen molar-refractivity contribution >= 4 is 12.3 Å². The van der Waals surface area contributed by atoms with E-state index in [2.05, 4.69) is 54.6 Å². The van der Waals surface area contributed by atoms with Gasteiger partial charge in [-0.05, 0) is 97.9 Å². The Bertz CT molecular complexity index is 1100. The van der Waals surface area contributed by atoms with Gasteiger partial charge in [-0.2, -0.15) is 0 Å². The van der Waals surface area contributed by atoms with Crippen LogP contribution in [-0.4, -0.2) is 22.5 Å². The third-order valence-electron chi connectivity index (χ3n) is 8.58. The molecule has 4 nitrogen and oxygen atoms in total. The first kappa shape index (κ1) is 27.9. The van der Waals surface area contributed by atoms with E-state index in [-0.39, 0.29) is 11.7 Å². The number of hydrogen-bond acceptors (Lipinski definition) is 3. The van der Waals surface area contributed by atoms with E-state index in [1.807, 2.05) is 6.07 Å². The molecule has 0 saturated heterocycles. The molecule has 202 valence electrons. The number of phenols is 1. The van der Waals surface area contributed by atoms with Crippen molar-refractivity contribution in [1.82, 2.24) is 0 Å². The molecule has 0 heterocycles. The molecule has 2 aromatic rings. The third-order valence-corrected chi connectivity index (χ3v) is 8.58. The van der Waals surface area contributed by atoms with Crippen LogP contribution in [0.25, 0.3) is 0 Å². The zero-order valence-electron chi connectivity index (χ0n) is 22.4.